The third kappa shape index (κ3) is 6.22. The smallest absolute Gasteiger partial charge is 0.337 e. The van der Waals surface area contributed by atoms with E-state index in [1.54, 1.807) is 22.8 Å². The number of fused-ring (bicyclic) bond motifs is 1. The lowest BCUT2D eigenvalue weighted by Crippen LogP contribution is -2.29. The molecule has 7 nitrogen and oxygen atoms in total. The highest BCUT2D eigenvalue weighted by Crippen LogP contribution is 2.20. The number of ether oxygens (including phenoxy) is 1. The molecule has 1 amide bonds. The number of hydrogen-bond donors (Lipinski definition) is 1. The average molecular weight is 468 g/mol. The van der Waals surface area contributed by atoms with Crippen molar-refractivity contribution >= 4 is 34.5 Å². The van der Waals surface area contributed by atoms with Gasteiger partial charge in [-0.05, 0) is 48.6 Å². The van der Waals surface area contributed by atoms with Gasteiger partial charge in [-0.15, -0.1) is 0 Å². The molecule has 33 heavy (non-hydrogen) atoms. The maximum atomic E-state index is 13.1. The fourth-order valence-electron chi connectivity index (χ4n) is 3.49. The molecule has 1 N–H and O–H groups in total. The van der Waals surface area contributed by atoms with E-state index in [1.165, 1.54) is 30.0 Å². The highest BCUT2D eigenvalue weighted by Gasteiger charge is 2.16. The molecule has 0 atom stereocenters. The Bertz CT molecular complexity index is 1220. The van der Waals surface area contributed by atoms with Gasteiger partial charge in [0.05, 0.1) is 29.3 Å². The molecule has 0 unspecified atom stereocenters. The number of amides is 1. The summed E-state index contributed by atoms with van der Waals surface area (Å²) < 4.78 is 6.38. The third-order valence-corrected chi connectivity index (χ3v) is 6.18. The lowest BCUT2D eigenvalue weighted by atomic mass is 10.1. The van der Waals surface area contributed by atoms with Crippen LogP contribution in [0.4, 0.5) is 0 Å². The summed E-state index contributed by atoms with van der Waals surface area (Å²) in [7, 11) is 1.31. The van der Waals surface area contributed by atoms with Crippen LogP contribution in [0.2, 0.25) is 0 Å². The van der Waals surface area contributed by atoms with E-state index >= 15 is 0 Å². The third-order valence-electron chi connectivity index (χ3n) is 5.20. The van der Waals surface area contributed by atoms with Gasteiger partial charge < -0.3 is 10.1 Å². The van der Waals surface area contributed by atoms with Crippen molar-refractivity contribution < 1.29 is 14.3 Å². The van der Waals surface area contributed by atoms with Crippen LogP contribution >= 0.6 is 11.8 Å². The van der Waals surface area contributed by atoms with Crippen LogP contribution in [-0.4, -0.2) is 40.8 Å². The summed E-state index contributed by atoms with van der Waals surface area (Å²) in [5.74, 6) is -0.256. The molecule has 0 saturated carbocycles. The van der Waals surface area contributed by atoms with Gasteiger partial charge in [0, 0.05) is 13.1 Å². The number of benzene rings is 2. The maximum Gasteiger partial charge on any atom is 0.337 e. The van der Waals surface area contributed by atoms with Gasteiger partial charge >= 0.3 is 5.97 Å². The van der Waals surface area contributed by atoms with E-state index in [9.17, 15) is 14.4 Å². The van der Waals surface area contributed by atoms with Crippen molar-refractivity contribution in [2.75, 3.05) is 19.4 Å². The number of aromatic nitrogens is 2. The monoisotopic (exact) mass is 467 g/mol. The van der Waals surface area contributed by atoms with Crippen LogP contribution in [0.25, 0.3) is 10.9 Å². The molecule has 2 aromatic carbocycles. The number of rotatable bonds is 9. The molecule has 1 heterocycles. The maximum absolute atomic E-state index is 13.1. The van der Waals surface area contributed by atoms with Gasteiger partial charge in [-0.1, -0.05) is 49.9 Å². The van der Waals surface area contributed by atoms with Crippen LogP contribution in [0.1, 0.15) is 35.3 Å². The molecule has 0 spiro atoms. The summed E-state index contributed by atoms with van der Waals surface area (Å²) >= 11 is 1.22. The fraction of sp³-hybridized carbons (Fsp3) is 0.360. The number of aryl methyl sites for hydroxylation is 1. The minimum absolute atomic E-state index is 0.123. The quantitative estimate of drug-likeness (QED) is 0.294. The van der Waals surface area contributed by atoms with Crippen molar-refractivity contribution in [1.29, 1.82) is 0 Å². The number of carbonyl (C=O) groups excluding carboxylic acids is 2. The van der Waals surface area contributed by atoms with Gasteiger partial charge in [0.1, 0.15) is 0 Å². The molecular weight excluding hydrogens is 438 g/mol. The van der Waals surface area contributed by atoms with Gasteiger partial charge in [-0.2, -0.15) is 0 Å². The van der Waals surface area contributed by atoms with Crippen molar-refractivity contribution in [3.05, 3.63) is 69.5 Å². The van der Waals surface area contributed by atoms with Crippen molar-refractivity contribution in [3.8, 4) is 0 Å². The topological polar surface area (TPSA) is 90.3 Å². The largest absolute Gasteiger partial charge is 0.465 e. The predicted molar refractivity (Wildman–Crippen MR) is 131 cm³/mol. The summed E-state index contributed by atoms with van der Waals surface area (Å²) in [6.07, 6.45) is 0.756. The number of hydrogen-bond acceptors (Lipinski definition) is 6. The van der Waals surface area contributed by atoms with E-state index in [1.807, 2.05) is 26.0 Å². The lowest BCUT2D eigenvalue weighted by molar-refractivity contribution is -0.118. The zero-order valence-corrected chi connectivity index (χ0v) is 20.2. The summed E-state index contributed by atoms with van der Waals surface area (Å²) in [6, 6.07) is 12.8. The standard InChI is InChI=1S/C25H29N3O4S/c1-16(2)14-28-23(30)20-10-9-19(24(31)32-4)13-21(20)27-25(28)33-15-22(29)26-12-11-18-8-6-5-7-17(18)3/h5-10,13,16H,11-12,14-15H2,1-4H3,(H,26,29). The molecule has 0 aliphatic heterocycles. The van der Waals surface area contributed by atoms with Crippen LogP contribution in [-0.2, 0) is 22.5 Å². The van der Waals surface area contributed by atoms with Crippen molar-refractivity contribution in [2.24, 2.45) is 5.92 Å². The first-order valence-corrected chi connectivity index (χ1v) is 11.9. The van der Waals surface area contributed by atoms with Crippen LogP contribution in [0.5, 0.6) is 0 Å². The highest BCUT2D eigenvalue weighted by atomic mass is 32.2. The van der Waals surface area contributed by atoms with Crippen LogP contribution in [0.15, 0.2) is 52.4 Å². The molecule has 0 fully saturated rings. The lowest BCUT2D eigenvalue weighted by Gasteiger charge is -2.15. The summed E-state index contributed by atoms with van der Waals surface area (Å²) in [5, 5.41) is 3.82. The molecular formula is C25H29N3O4S. The summed E-state index contributed by atoms with van der Waals surface area (Å²) in [4.78, 5) is 42.1. The Hall–Kier alpha value is -3.13. The fourth-order valence-corrected chi connectivity index (χ4v) is 4.33. The molecule has 3 rings (SSSR count). The summed E-state index contributed by atoms with van der Waals surface area (Å²) in [5.41, 5.74) is 2.95. The van der Waals surface area contributed by atoms with Crippen LogP contribution in [0.3, 0.4) is 0 Å². The SMILES string of the molecule is COC(=O)c1ccc2c(=O)n(CC(C)C)c(SCC(=O)NCCc3ccccc3C)nc2c1. The second kappa shape index (κ2) is 11.1. The number of nitrogens with one attached hydrogen (secondary N) is 1. The minimum Gasteiger partial charge on any atom is -0.465 e. The number of esters is 1. The first kappa shape index (κ1) is 24.5. The van der Waals surface area contributed by atoms with E-state index in [4.69, 9.17) is 4.74 Å². The molecule has 0 aliphatic rings. The average Bonchev–Trinajstić information content (AvgIpc) is 2.80. The van der Waals surface area contributed by atoms with Crippen molar-refractivity contribution in [1.82, 2.24) is 14.9 Å². The molecule has 1 aromatic heterocycles. The second-order valence-corrected chi connectivity index (χ2v) is 9.19. The molecule has 0 bridgehead atoms. The van der Waals surface area contributed by atoms with E-state index in [2.05, 4.69) is 29.4 Å². The zero-order valence-electron chi connectivity index (χ0n) is 19.4. The van der Waals surface area contributed by atoms with E-state index < -0.39 is 5.97 Å². The van der Waals surface area contributed by atoms with Crippen molar-refractivity contribution in [3.63, 3.8) is 0 Å². The van der Waals surface area contributed by atoms with Crippen LogP contribution in [0, 0.1) is 12.8 Å². The predicted octanol–water partition coefficient (Wildman–Crippen LogP) is 3.60. The number of thioether (sulfide) groups is 1. The van der Waals surface area contributed by atoms with E-state index in [0.29, 0.717) is 34.7 Å². The molecule has 0 saturated heterocycles. The summed E-state index contributed by atoms with van der Waals surface area (Å²) in [6.45, 7) is 7.11. The Kier molecular flexibility index (Phi) is 8.27. The van der Waals surface area contributed by atoms with Gasteiger partial charge in [-0.3, -0.25) is 14.2 Å². The first-order valence-electron chi connectivity index (χ1n) is 10.9. The van der Waals surface area contributed by atoms with Gasteiger partial charge in [0.2, 0.25) is 5.91 Å². The molecule has 174 valence electrons. The number of methoxy groups -OCH3 is 1. The molecule has 3 aromatic rings. The Morgan fingerprint density at radius 2 is 1.94 bits per heavy atom. The Labute approximate surface area is 197 Å². The second-order valence-electron chi connectivity index (χ2n) is 8.24. The van der Waals surface area contributed by atoms with Crippen LogP contribution < -0.4 is 10.9 Å². The Morgan fingerprint density at radius 1 is 1.18 bits per heavy atom. The van der Waals surface area contributed by atoms with E-state index in [-0.39, 0.29) is 23.1 Å². The first-order chi connectivity index (χ1) is 15.8. The van der Waals surface area contributed by atoms with Crippen molar-refractivity contribution in [2.45, 2.75) is 38.9 Å². The number of carbonyl (C=O) groups is 2. The van der Waals surface area contributed by atoms with E-state index in [0.717, 1.165) is 6.42 Å². The normalized spacial score (nSPS) is 11.1. The zero-order chi connectivity index (χ0) is 24.0. The Morgan fingerprint density at radius 3 is 2.64 bits per heavy atom. The van der Waals surface area contributed by atoms with Gasteiger partial charge in [0.15, 0.2) is 5.16 Å². The van der Waals surface area contributed by atoms with Gasteiger partial charge in [0.25, 0.3) is 5.56 Å². The highest BCUT2D eigenvalue weighted by molar-refractivity contribution is 7.99. The molecule has 0 aliphatic carbocycles. The molecule has 8 heteroatoms. The number of nitrogens with zero attached hydrogens (tertiary/aromatic N) is 2. The minimum atomic E-state index is -0.493. The molecule has 0 radical (unpaired) electrons. The van der Waals surface area contributed by atoms with Gasteiger partial charge in [-0.25, -0.2) is 9.78 Å². The Balaban J connectivity index is 1.76.